The number of unbranched alkanes of at least 4 members (excludes halogenated alkanes) is 2. The standard InChI is InChI=1S/C22H29N5O2S/c1-2-29-25-22-9-6-18-16-20(7-8-21(18)22)28-15-5-3-4-12-26-13-14-27(30-26)19-10-11-23-24-17-19/h7-8,10-11,16-17H,2-6,9,12-15H2,1H3/b25-22+. The SMILES string of the molecule is CCO/N=C1\CCc2cc(OCCCCCN3CCN(c4ccnnc4)S3)ccc21. The molecule has 30 heavy (non-hydrogen) atoms. The summed E-state index contributed by atoms with van der Waals surface area (Å²) in [4.78, 5) is 5.22. The Morgan fingerprint density at radius 3 is 2.93 bits per heavy atom. The molecular formula is C22H29N5O2S. The number of aromatic nitrogens is 2. The molecule has 0 atom stereocenters. The number of nitrogens with zero attached hydrogens (tertiary/aromatic N) is 5. The van der Waals surface area contributed by atoms with Gasteiger partial charge in [0.1, 0.15) is 12.4 Å². The number of rotatable bonds is 10. The van der Waals surface area contributed by atoms with Crippen molar-refractivity contribution in [1.29, 1.82) is 0 Å². The highest BCUT2D eigenvalue weighted by Gasteiger charge is 2.21. The number of fused-ring (bicyclic) bond motifs is 1. The Hall–Kier alpha value is -2.32. The van der Waals surface area contributed by atoms with Gasteiger partial charge in [0.25, 0.3) is 0 Å². The lowest BCUT2D eigenvalue weighted by atomic mass is 10.1. The minimum atomic E-state index is 0.608. The van der Waals surface area contributed by atoms with Crippen molar-refractivity contribution < 1.29 is 9.57 Å². The highest BCUT2D eigenvalue weighted by atomic mass is 32.2. The Balaban J connectivity index is 1.12. The summed E-state index contributed by atoms with van der Waals surface area (Å²) in [5, 5.41) is 12.0. The summed E-state index contributed by atoms with van der Waals surface area (Å²) < 4.78 is 10.7. The minimum Gasteiger partial charge on any atom is -0.494 e. The number of oxime groups is 1. The largest absolute Gasteiger partial charge is 0.494 e. The first-order chi connectivity index (χ1) is 14.8. The number of hydrogen-bond acceptors (Lipinski definition) is 8. The maximum atomic E-state index is 5.98. The van der Waals surface area contributed by atoms with Gasteiger partial charge in [0, 0.05) is 37.3 Å². The summed E-state index contributed by atoms with van der Waals surface area (Å²) >= 11 is 1.79. The Morgan fingerprint density at radius 1 is 1.10 bits per heavy atom. The molecule has 160 valence electrons. The van der Waals surface area contributed by atoms with Crippen molar-refractivity contribution in [1.82, 2.24) is 14.5 Å². The second kappa shape index (κ2) is 10.6. The molecule has 0 bridgehead atoms. The molecule has 0 N–H and O–H groups in total. The van der Waals surface area contributed by atoms with E-state index in [1.165, 1.54) is 24.0 Å². The molecule has 1 aromatic heterocycles. The first-order valence-electron chi connectivity index (χ1n) is 10.8. The van der Waals surface area contributed by atoms with Crippen LogP contribution in [0, 0.1) is 0 Å². The molecule has 7 nitrogen and oxygen atoms in total. The van der Waals surface area contributed by atoms with E-state index >= 15 is 0 Å². The van der Waals surface area contributed by atoms with Crippen LogP contribution in [-0.2, 0) is 11.3 Å². The highest BCUT2D eigenvalue weighted by molar-refractivity contribution is 7.98. The first-order valence-corrected chi connectivity index (χ1v) is 11.5. The number of ether oxygens (including phenoxy) is 1. The van der Waals surface area contributed by atoms with Crippen LogP contribution in [0.1, 0.15) is 43.7 Å². The van der Waals surface area contributed by atoms with Crippen LogP contribution in [0.2, 0.25) is 0 Å². The van der Waals surface area contributed by atoms with Crippen molar-refractivity contribution in [2.75, 3.05) is 37.2 Å². The molecule has 0 spiro atoms. The number of anilines is 1. The number of hydrogen-bond donors (Lipinski definition) is 0. The van der Waals surface area contributed by atoms with E-state index in [2.05, 4.69) is 42.2 Å². The van der Waals surface area contributed by atoms with E-state index in [0.717, 1.165) is 62.7 Å². The van der Waals surface area contributed by atoms with Crippen LogP contribution in [0.4, 0.5) is 5.69 Å². The van der Waals surface area contributed by atoms with Crippen LogP contribution in [0.3, 0.4) is 0 Å². The summed E-state index contributed by atoms with van der Waals surface area (Å²) in [5.41, 5.74) is 4.69. The van der Waals surface area contributed by atoms with Gasteiger partial charge in [-0.25, -0.2) is 4.31 Å². The molecule has 0 unspecified atom stereocenters. The van der Waals surface area contributed by atoms with Gasteiger partial charge >= 0.3 is 0 Å². The summed E-state index contributed by atoms with van der Waals surface area (Å²) in [6.45, 7) is 6.52. The monoisotopic (exact) mass is 427 g/mol. The molecule has 2 aliphatic rings. The molecule has 2 heterocycles. The maximum absolute atomic E-state index is 5.98. The van der Waals surface area contributed by atoms with Crippen molar-refractivity contribution >= 4 is 23.5 Å². The molecule has 1 aliphatic heterocycles. The molecule has 0 saturated carbocycles. The molecule has 1 aromatic carbocycles. The molecule has 4 rings (SSSR count). The predicted molar refractivity (Wildman–Crippen MR) is 121 cm³/mol. The summed E-state index contributed by atoms with van der Waals surface area (Å²) in [6, 6.07) is 8.33. The van der Waals surface area contributed by atoms with Gasteiger partial charge in [0.15, 0.2) is 0 Å². The molecule has 0 radical (unpaired) electrons. The van der Waals surface area contributed by atoms with Crippen LogP contribution in [0.5, 0.6) is 5.75 Å². The normalized spacial score (nSPS) is 17.5. The summed E-state index contributed by atoms with van der Waals surface area (Å²) in [5.74, 6) is 0.961. The van der Waals surface area contributed by atoms with Gasteiger partial charge < -0.3 is 13.9 Å². The maximum Gasteiger partial charge on any atom is 0.119 e. The third-order valence-corrected chi connectivity index (χ3v) is 6.45. The number of aryl methyl sites for hydroxylation is 1. The second-order valence-electron chi connectivity index (χ2n) is 7.40. The fourth-order valence-corrected chi connectivity index (χ4v) is 4.73. The van der Waals surface area contributed by atoms with Gasteiger partial charge in [-0.1, -0.05) is 5.16 Å². The molecule has 1 saturated heterocycles. The van der Waals surface area contributed by atoms with Crippen molar-refractivity contribution in [2.45, 2.75) is 39.0 Å². The Kier molecular flexibility index (Phi) is 7.42. The van der Waals surface area contributed by atoms with E-state index in [1.807, 2.05) is 19.2 Å². The third kappa shape index (κ3) is 5.43. The van der Waals surface area contributed by atoms with E-state index in [0.29, 0.717) is 6.61 Å². The van der Waals surface area contributed by atoms with Crippen LogP contribution in [0.15, 0.2) is 41.8 Å². The predicted octanol–water partition coefficient (Wildman–Crippen LogP) is 4.10. The molecular weight excluding hydrogens is 398 g/mol. The molecule has 2 aromatic rings. The Morgan fingerprint density at radius 2 is 2.07 bits per heavy atom. The van der Waals surface area contributed by atoms with Gasteiger partial charge in [-0.05, 0) is 68.9 Å². The zero-order chi connectivity index (χ0) is 20.6. The quantitative estimate of drug-likeness (QED) is 0.321. The lowest BCUT2D eigenvalue weighted by Gasteiger charge is -2.17. The van der Waals surface area contributed by atoms with E-state index in [4.69, 9.17) is 9.57 Å². The van der Waals surface area contributed by atoms with E-state index in [1.54, 1.807) is 18.3 Å². The van der Waals surface area contributed by atoms with Crippen LogP contribution < -0.4 is 9.04 Å². The van der Waals surface area contributed by atoms with Gasteiger partial charge in [-0.15, -0.1) is 0 Å². The van der Waals surface area contributed by atoms with Crippen molar-refractivity contribution in [2.24, 2.45) is 5.16 Å². The fourth-order valence-electron chi connectivity index (χ4n) is 3.71. The summed E-state index contributed by atoms with van der Waals surface area (Å²) in [7, 11) is 0. The average Bonchev–Trinajstić information content (AvgIpc) is 3.42. The van der Waals surface area contributed by atoms with E-state index in [9.17, 15) is 0 Å². The zero-order valence-electron chi connectivity index (χ0n) is 17.5. The van der Waals surface area contributed by atoms with Crippen molar-refractivity contribution in [3.63, 3.8) is 0 Å². The fraction of sp³-hybridized carbons (Fsp3) is 0.500. The average molecular weight is 428 g/mol. The topological polar surface area (TPSA) is 63.1 Å². The minimum absolute atomic E-state index is 0.608. The van der Waals surface area contributed by atoms with Crippen molar-refractivity contribution in [3.8, 4) is 5.75 Å². The second-order valence-corrected chi connectivity index (χ2v) is 8.52. The smallest absolute Gasteiger partial charge is 0.119 e. The van der Waals surface area contributed by atoms with E-state index in [-0.39, 0.29) is 0 Å². The third-order valence-electron chi connectivity index (χ3n) is 5.27. The van der Waals surface area contributed by atoms with E-state index < -0.39 is 0 Å². The summed E-state index contributed by atoms with van der Waals surface area (Å²) in [6.07, 6.45) is 8.95. The highest BCUT2D eigenvalue weighted by Crippen LogP contribution is 2.29. The zero-order valence-corrected chi connectivity index (χ0v) is 18.3. The molecule has 1 fully saturated rings. The molecule has 1 aliphatic carbocycles. The Bertz CT molecular complexity index is 849. The van der Waals surface area contributed by atoms with Crippen LogP contribution >= 0.6 is 12.1 Å². The first kappa shape index (κ1) is 20.9. The van der Waals surface area contributed by atoms with Crippen LogP contribution in [-0.4, -0.2) is 53.1 Å². The van der Waals surface area contributed by atoms with Gasteiger partial charge in [0.05, 0.1) is 30.4 Å². The lowest BCUT2D eigenvalue weighted by Crippen LogP contribution is -2.14. The molecule has 0 amide bonds. The van der Waals surface area contributed by atoms with Gasteiger partial charge in [0.2, 0.25) is 0 Å². The van der Waals surface area contributed by atoms with Crippen molar-refractivity contribution in [3.05, 3.63) is 47.8 Å². The molecule has 8 heteroatoms. The van der Waals surface area contributed by atoms with Crippen LogP contribution in [0.25, 0.3) is 0 Å². The lowest BCUT2D eigenvalue weighted by molar-refractivity contribution is 0.158. The van der Waals surface area contributed by atoms with Gasteiger partial charge in [-0.3, -0.25) is 0 Å². The number of benzene rings is 1. The van der Waals surface area contributed by atoms with Gasteiger partial charge in [-0.2, -0.15) is 10.2 Å². The Labute approximate surface area is 182 Å².